The third-order valence-electron chi connectivity index (χ3n) is 7.91. The SMILES string of the molecule is CC1(C)OB(c2cc3c(cc2Cl)NC(=O)CC3)OC1(C)C.O=C1CCc2cc(Cc3cccnc3)c(Cl)cc2N1. The van der Waals surface area contributed by atoms with Crippen molar-refractivity contribution in [1.82, 2.24) is 4.98 Å². The summed E-state index contributed by atoms with van der Waals surface area (Å²) in [5.74, 6) is 0.0884. The quantitative estimate of drug-likeness (QED) is 0.387. The standard InChI is InChI=1S/C15H19BClNO3.C15H13ClN2O/c1-14(2)15(3,4)21-16(20-14)10-7-9-5-6-13(19)18-12(9)8-11(10)17;16-13-8-14-11(3-4-15(19)18-14)7-12(13)6-10-2-1-5-17-9-10/h7-8H,5-6H2,1-4H3,(H,18,19);1-2,5,7-9H,3-4,6H2,(H,18,19). The molecule has 7 nitrogen and oxygen atoms in total. The lowest BCUT2D eigenvalue weighted by Gasteiger charge is -2.32. The largest absolute Gasteiger partial charge is 0.496 e. The molecule has 40 heavy (non-hydrogen) atoms. The highest BCUT2D eigenvalue weighted by Crippen LogP contribution is 2.38. The van der Waals surface area contributed by atoms with Crippen LogP contribution in [0.5, 0.6) is 0 Å². The van der Waals surface area contributed by atoms with Gasteiger partial charge in [0, 0.05) is 58.5 Å². The van der Waals surface area contributed by atoms with E-state index < -0.39 is 18.3 Å². The van der Waals surface area contributed by atoms with Crippen molar-refractivity contribution in [3.8, 4) is 0 Å². The van der Waals surface area contributed by atoms with Gasteiger partial charge in [-0.2, -0.15) is 0 Å². The van der Waals surface area contributed by atoms with Crippen LogP contribution in [-0.2, 0) is 38.2 Å². The molecule has 0 unspecified atom stereocenters. The number of nitrogens with one attached hydrogen (secondary N) is 2. The summed E-state index contributed by atoms with van der Waals surface area (Å²) in [6, 6.07) is 11.7. The molecule has 3 aliphatic heterocycles. The Morgan fingerprint density at radius 2 is 1.43 bits per heavy atom. The molecule has 10 heteroatoms. The molecule has 4 heterocycles. The summed E-state index contributed by atoms with van der Waals surface area (Å²) in [5, 5.41) is 6.94. The summed E-state index contributed by atoms with van der Waals surface area (Å²) in [5.41, 5.74) is 6.09. The van der Waals surface area contributed by atoms with Gasteiger partial charge in [0.2, 0.25) is 11.8 Å². The third-order valence-corrected chi connectivity index (χ3v) is 8.59. The van der Waals surface area contributed by atoms with E-state index in [4.69, 9.17) is 32.5 Å². The predicted molar refractivity (Wildman–Crippen MR) is 160 cm³/mol. The average molecular weight is 580 g/mol. The molecule has 1 saturated heterocycles. The van der Waals surface area contributed by atoms with Crippen LogP contribution in [-0.4, -0.2) is 35.1 Å². The number of hydrogen-bond donors (Lipinski definition) is 2. The van der Waals surface area contributed by atoms with E-state index in [2.05, 4.69) is 21.7 Å². The Bertz CT molecular complexity index is 1450. The monoisotopic (exact) mass is 579 g/mol. The number of benzene rings is 2. The summed E-state index contributed by atoms with van der Waals surface area (Å²) in [6.07, 6.45) is 6.89. The van der Waals surface area contributed by atoms with E-state index in [-0.39, 0.29) is 11.8 Å². The number of halogens is 2. The Morgan fingerprint density at radius 3 is 2.00 bits per heavy atom. The number of amides is 2. The summed E-state index contributed by atoms with van der Waals surface area (Å²) in [4.78, 5) is 26.9. The van der Waals surface area contributed by atoms with E-state index in [9.17, 15) is 9.59 Å². The molecule has 2 aromatic carbocycles. The fourth-order valence-electron chi connectivity index (χ4n) is 4.88. The Kier molecular flexibility index (Phi) is 7.99. The minimum Gasteiger partial charge on any atom is -0.399 e. The van der Waals surface area contributed by atoms with Gasteiger partial charge in [-0.1, -0.05) is 41.4 Å². The second-order valence-electron chi connectivity index (χ2n) is 11.4. The van der Waals surface area contributed by atoms with Gasteiger partial charge in [-0.05, 0) is 81.0 Å². The summed E-state index contributed by atoms with van der Waals surface area (Å²) in [7, 11) is -0.481. The zero-order valence-electron chi connectivity index (χ0n) is 23.1. The Balaban J connectivity index is 0.000000162. The minimum atomic E-state index is -0.481. The number of anilines is 2. The van der Waals surface area contributed by atoms with Crippen LogP contribution in [0.2, 0.25) is 10.0 Å². The topological polar surface area (TPSA) is 89.5 Å². The molecule has 0 radical (unpaired) electrons. The van der Waals surface area contributed by atoms with E-state index in [0.29, 0.717) is 29.3 Å². The van der Waals surface area contributed by atoms with Crippen molar-refractivity contribution in [2.75, 3.05) is 10.6 Å². The summed E-state index contributed by atoms with van der Waals surface area (Å²) >= 11 is 12.7. The van der Waals surface area contributed by atoms with Gasteiger partial charge in [-0.15, -0.1) is 0 Å². The molecule has 0 atom stereocenters. The molecule has 3 aromatic rings. The number of nitrogens with zero attached hydrogens (tertiary/aromatic N) is 1. The van der Waals surface area contributed by atoms with E-state index >= 15 is 0 Å². The van der Waals surface area contributed by atoms with Gasteiger partial charge in [0.1, 0.15) is 0 Å². The lowest BCUT2D eigenvalue weighted by molar-refractivity contribution is -0.117. The molecule has 0 aliphatic carbocycles. The summed E-state index contributed by atoms with van der Waals surface area (Å²) < 4.78 is 12.1. The average Bonchev–Trinajstić information content (AvgIpc) is 3.11. The first kappa shape index (κ1) is 28.6. The predicted octanol–water partition coefficient (Wildman–Crippen LogP) is 5.73. The van der Waals surface area contributed by atoms with Gasteiger partial charge >= 0.3 is 7.12 Å². The number of rotatable bonds is 3. The first-order valence-corrected chi connectivity index (χ1v) is 14.2. The smallest absolute Gasteiger partial charge is 0.399 e. The molecular weight excluding hydrogens is 548 g/mol. The fourth-order valence-corrected chi connectivity index (χ4v) is 5.37. The molecule has 2 N–H and O–H groups in total. The molecule has 0 saturated carbocycles. The van der Waals surface area contributed by atoms with Crippen LogP contribution in [0.1, 0.15) is 62.8 Å². The number of hydrogen-bond acceptors (Lipinski definition) is 5. The van der Waals surface area contributed by atoms with Gasteiger partial charge in [-0.25, -0.2) is 0 Å². The molecule has 2 amide bonds. The number of aryl methyl sites for hydroxylation is 2. The van der Waals surface area contributed by atoms with Crippen LogP contribution < -0.4 is 16.1 Å². The van der Waals surface area contributed by atoms with Crippen LogP contribution in [0.3, 0.4) is 0 Å². The van der Waals surface area contributed by atoms with E-state index in [1.165, 1.54) is 0 Å². The van der Waals surface area contributed by atoms with Crippen molar-refractivity contribution in [2.24, 2.45) is 0 Å². The van der Waals surface area contributed by atoms with Crippen LogP contribution in [0.25, 0.3) is 0 Å². The molecular formula is C30H32BCl2N3O4. The van der Waals surface area contributed by atoms with Gasteiger partial charge in [0.15, 0.2) is 0 Å². The van der Waals surface area contributed by atoms with Gasteiger partial charge < -0.3 is 19.9 Å². The van der Waals surface area contributed by atoms with Crippen LogP contribution in [0, 0.1) is 0 Å². The Hall–Kier alpha value is -2.91. The molecule has 6 rings (SSSR count). The van der Waals surface area contributed by atoms with E-state index in [1.807, 2.05) is 58.2 Å². The Labute approximate surface area is 245 Å². The molecule has 1 aromatic heterocycles. The third kappa shape index (κ3) is 6.05. The fraction of sp³-hybridized carbons (Fsp3) is 0.367. The zero-order valence-corrected chi connectivity index (χ0v) is 24.6. The van der Waals surface area contributed by atoms with Crippen molar-refractivity contribution in [1.29, 1.82) is 0 Å². The molecule has 208 valence electrons. The molecule has 0 spiro atoms. The number of aromatic nitrogens is 1. The highest BCUT2D eigenvalue weighted by Gasteiger charge is 2.52. The van der Waals surface area contributed by atoms with Crippen molar-refractivity contribution < 1.29 is 18.9 Å². The summed E-state index contributed by atoms with van der Waals surface area (Å²) in [6.45, 7) is 8.05. The Morgan fingerprint density at radius 1 is 0.850 bits per heavy atom. The van der Waals surface area contributed by atoms with E-state index in [0.717, 1.165) is 51.9 Å². The van der Waals surface area contributed by atoms with Crippen LogP contribution in [0.4, 0.5) is 11.4 Å². The second-order valence-corrected chi connectivity index (χ2v) is 12.2. The first-order valence-electron chi connectivity index (χ1n) is 13.4. The molecule has 3 aliphatic rings. The number of carbonyl (C=O) groups excluding carboxylic acids is 2. The highest BCUT2D eigenvalue weighted by atomic mass is 35.5. The number of fused-ring (bicyclic) bond motifs is 2. The van der Waals surface area contributed by atoms with Crippen LogP contribution in [0.15, 0.2) is 48.8 Å². The number of carbonyl (C=O) groups is 2. The van der Waals surface area contributed by atoms with Crippen molar-refractivity contribution >= 4 is 59.0 Å². The van der Waals surface area contributed by atoms with Crippen molar-refractivity contribution in [3.05, 3.63) is 81.1 Å². The molecule has 0 bridgehead atoms. The normalized spacial score (nSPS) is 18.6. The van der Waals surface area contributed by atoms with E-state index in [1.54, 1.807) is 12.3 Å². The minimum absolute atomic E-state index is 0.0296. The molecule has 1 fully saturated rings. The maximum atomic E-state index is 11.4. The maximum Gasteiger partial charge on any atom is 0.496 e. The van der Waals surface area contributed by atoms with Crippen molar-refractivity contribution in [3.63, 3.8) is 0 Å². The highest BCUT2D eigenvalue weighted by molar-refractivity contribution is 6.65. The van der Waals surface area contributed by atoms with Gasteiger partial charge in [0.25, 0.3) is 0 Å². The zero-order chi connectivity index (χ0) is 28.7. The van der Waals surface area contributed by atoms with Gasteiger partial charge in [-0.3, -0.25) is 14.6 Å². The first-order chi connectivity index (χ1) is 18.9. The van der Waals surface area contributed by atoms with Crippen molar-refractivity contribution in [2.45, 2.75) is 71.0 Å². The number of pyridine rings is 1. The van der Waals surface area contributed by atoms with Crippen LogP contribution >= 0.6 is 23.2 Å². The van der Waals surface area contributed by atoms with Gasteiger partial charge in [0.05, 0.1) is 11.2 Å². The maximum absolute atomic E-state index is 11.4. The second kappa shape index (κ2) is 11.2. The lowest BCUT2D eigenvalue weighted by Crippen LogP contribution is -2.41. The lowest BCUT2D eigenvalue weighted by atomic mass is 9.77.